The number of hydrogen-bond donors (Lipinski definition) is 2. The van der Waals surface area contributed by atoms with Crippen molar-refractivity contribution >= 4 is 23.6 Å². The molecule has 0 saturated heterocycles. The van der Waals surface area contributed by atoms with Crippen LogP contribution in [0.1, 0.15) is 32.1 Å². The molecule has 0 aliphatic heterocycles. The van der Waals surface area contributed by atoms with Crippen molar-refractivity contribution in [3.05, 3.63) is 30.3 Å². The quantitative estimate of drug-likeness (QED) is 0.760. The van der Waals surface area contributed by atoms with E-state index in [1.54, 1.807) is 11.8 Å². The number of nitrogens with one attached hydrogen (secondary N) is 1. The summed E-state index contributed by atoms with van der Waals surface area (Å²) in [6.45, 7) is 0.261. The van der Waals surface area contributed by atoms with Gasteiger partial charge in [0.2, 0.25) is 5.91 Å². The minimum Gasteiger partial charge on any atom is -0.481 e. The Morgan fingerprint density at radius 1 is 1.19 bits per heavy atom. The zero-order valence-electron chi connectivity index (χ0n) is 12.0. The van der Waals surface area contributed by atoms with Gasteiger partial charge in [0.25, 0.3) is 0 Å². The highest BCUT2D eigenvalue weighted by Crippen LogP contribution is 2.37. The molecule has 1 fully saturated rings. The summed E-state index contributed by atoms with van der Waals surface area (Å²) < 4.78 is 0. The van der Waals surface area contributed by atoms with Gasteiger partial charge in [-0.05, 0) is 25.0 Å². The lowest BCUT2D eigenvalue weighted by atomic mass is 9.86. The molecule has 0 heterocycles. The van der Waals surface area contributed by atoms with E-state index in [1.807, 2.05) is 30.3 Å². The molecule has 0 radical (unpaired) electrons. The van der Waals surface area contributed by atoms with Gasteiger partial charge in [-0.25, -0.2) is 0 Å². The van der Waals surface area contributed by atoms with Crippen molar-refractivity contribution in [1.82, 2.24) is 5.32 Å². The molecule has 1 aliphatic rings. The Morgan fingerprint density at radius 3 is 2.48 bits per heavy atom. The van der Waals surface area contributed by atoms with Gasteiger partial charge in [-0.2, -0.15) is 0 Å². The van der Waals surface area contributed by atoms with Crippen molar-refractivity contribution in [2.75, 3.05) is 12.3 Å². The molecule has 2 rings (SSSR count). The molecular weight excluding hydrogens is 286 g/mol. The average Bonchev–Trinajstić information content (AvgIpc) is 2.96. The maximum Gasteiger partial charge on any atom is 0.311 e. The van der Waals surface area contributed by atoms with E-state index in [2.05, 4.69) is 5.32 Å². The average molecular weight is 307 g/mol. The Balaban J connectivity index is 1.71. The third kappa shape index (κ3) is 4.49. The van der Waals surface area contributed by atoms with E-state index in [1.165, 1.54) is 0 Å². The van der Waals surface area contributed by atoms with Gasteiger partial charge < -0.3 is 10.4 Å². The van der Waals surface area contributed by atoms with Crippen LogP contribution in [0.3, 0.4) is 0 Å². The molecule has 1 saturated carbocycles. The monoisotopic (exact) mass is 307 g/mol. The number of amides is 1. The van der Waals surface area contributed by atoms with Crippen molar-refractivity contribution in [3.63, 3.8) is 0 Å². The topological polar surface area (TPSA) is 66.4 Å². The summed E-state index contributed by atoms with van der Waals surface area (Å²) in [5.41, 5.74) is -0.734. The Kier molecular flexibility index (Phi) is 5.67. The number of thioether (sulfide) groups is 1. The summed E-state index contributed by atoms with van der Waals surface area (Å²) in [4.78, 5) is 24.4. The Morgan fingerprint density at radius 2 is 1.86 bits per heavy atom. The van der Waals surface area contributed by atoms with Crippen molar-refractivity contribution < 1.29 is 14.7 Å². The number of carbonyl (C=O) groups excluding carboxylic acids is 1. The fourth-order valence-electron chi connectivity index (χ4n) is 2.65. The number of carbonyl (C=O) groups is 2. The van der Waals surface area contributed by atoms with E-state index in [9.17, 15) is 14.7 Å². The maximum absolute atomic E-state index is 11.8. The zero-order chi connectivity index (χ0) is 15.1. The second kappa shape index (κ2) is 7.50. The van der Waals surface area contributed by atoms with Gasteiger partial charge in [0, 0.05) is 23.6 Å². The van der Waals surface area contributed by atoms with Crippen LogP contribution in [0.4, 0.5) is 0 Å². The predicted octanol–water partition coefficient (Wildman–Crippen LogP) is 2.93. The first kappa shape index (κ1) is 15.9. The molecule has 0 spiro atoms. The fourth-order valence-corrected chi connectivity index (χ4v) is 3.53. The number of rotatable bonds is 7. The molecule has 1 aromatic rings. The van der Waals surface area contributed by atoms with Gasteiger partial charge >= 0.3 is 5.97 Å². The van der Waals surface area contributed by atoms with Gasteiger partial charge in [0.15, 0.2) is 0 Å². The van der Waals surface area contributed by atoms with E-state index in [0.29, 0.717) is 25.0 Å². The molecular formula is C16H21NO3S. The highest BCUT2D eigenvalue weighted by Gasteiger charge is 2.41. The second-order valence-corrected chi connectivity index (χ2v) is 6.65. The molecule has 1 aliphatic carbocycles. The Hall–Kier alpha value is -1.49. The van der Waals surface area contributed by atoms with Crippen LogP contribution in [-0.4, -0.2) is 29.3 Å². The highest BCUT2D eigenvalue weighted by molar-refractivity contribution is 7.99. The molecule has 1 aromatic carbocycles. The summed E-state index contributed by atoms with van der Waals surface area (Å²) in [6.07, 6.45) is 3.62. The predicted molar refractivity (Wildman–Crippen MR) is 83.3 cm³/mol. The van der Waals surface area contributed by atoms with E-state index in [0.717, 1.165) is 17.7 Å². The first-order chi connectivity index (χ1) is 10.1. The summed E-state index contributed by atoms with van der Waals surface area (Å²) >= 11 is 1.64. The standard InChI is InChI=1S/C16H21NO3S/c18-14(8-11-21-13-6-2-1-3-7-13)17-12-16(15(19)20)9-4-5-10-16/h1-3,6-7H,4-5,8-12H2,(H,17,18)(H,19,20). The second-order valence-electron chi connectivity index (χ2n) is 5.48. The third-order valence-electron chi connectivity index (χ3n) is 3.98. The smallest absolute Gasteiger partial charge is 0.311 e. The number of carboxylic acids is 1. The van der Waals surface area contributed by atoms with Crippen LogP contribution in [0.25, 0.3) is 0 Å². The van der Waals surface area contributed by atoms with Crippen molar-refractivity contribution in [1.29, 1.82) is 0 Å². The molecule has 0 atom stereocenters. The maximum atomic E-state index is 11.8. The molecule has 5 heteroatoms. The summed E-state index contributed by atoms with van der Waals surface area (Å²) in [7, 11) is 0. The molecule has 0 aromatic heterocycles. The van der Waals surface area contributed by atoms with E-state index >= 15 is 0 Å². The van der Waals surface area contributed by atoms with Crippen LogP contribution in [-0.2, 0) is 9.59 Å². The zero-order valence-corrected chi connectivity index (χ0v) is 12.8. The van der Waals surface area contributed by atoms with Gasteiger partial charge in [0.05, 0.1) is 5.41 Å². The number of aliphatic carboxylic acids is 1. The molecule has 2 N–H and O–H groups in total. The largest absolute Gasteiger partial charge is 0.481 e. The van der Waals surface area contributed by atoms with Crippen LogP contribution in [0, 0.1) is 5.41 Å². The SMILES string of the molecule is O=C(CCSc1ccccc1)NCC1(C(=O)O)CCCC1. The molecule has 0 bridgehead atoms. The lowest BCUT2D eigenvalue weighted by molar-refractivity contribution is -0.148. The number of benzene rings is 1. The summed E-state index contributed by atoms with van der Waals surface area (Å²) in [5.74, 6) is -0.138. The number of carboxylic acid groups (broad SMARTS) is 1. The van der Waals surface area contributed by atoms with Crippen LogP contribution < -0.4 is 5.32 Å². The first-order valence-electron chi connectivity index (χ1n) is 7.30. The normalized spacial score (nSPS) is 16.6. The molecule has 114 valence electrons. The summed E-state index contributed by atoms with van der Waals surface area (Å²) in [5, 5.41) is 12.1. The van der Waals surface area contributed by atoms with Crippen molar-refractivity contribution in [3.8, 4) is 0 Å². The molecule has 21 heavy (non-hydrogen) atoms. The van der Waals surface area contributed by atoms with Gasteiger partial charge in [-0.15, -0.1) is 11.8 Å². The van der Waals surface area contributed by atoms with Crippen LogP contribution in [0.15, 0.2) is 35.2 Å². The first-order valence-corrected chi connectivity index (χ1v) is 8.29. The van der Waals surface area contributed by atoms with Crippen molar-refractivity contribution in [2.24, 2.45) is 5.41 Å². The molecule has 4 nitrogen and oxygen atoms in total. The highest BCUT2D eigenvalue weighted by atomic mass is 32.2. The molecule has 1 amide bonds. The molecule has 0 unspecified atom stereocenters. The van der Waals surface area contributed by atoms with Crippen molar-refractivity contribution in [2.45, 2.75) is 37.0 Å². The van der Waals surface area contributed by atoms with Gasteiger partial charge in [0.1, 0.15) is 0 Å². The minimum absolute atomic E-state index is 0.0639. The Labute approximate surface area is 129 Å². The van der Waals surface area contributed by atoms with E-state index in [-0.39, 0.29) is 12.5 Å². The number of hydrogen-bond acceptors (Lipinski definition) is 3. The van der Waals surface area contributed by atoms with Gasteiger partial charge in [-0.3, -0.25) is 9.59 Å². The fraction of sp³-hybridized carbons (Fsp3) is 0.500. The van der Waals surface area contributed by atoms with Crippen LogP contribution in [0.2, 0.25) is 0 Å². The van der Waals surface area contributed by atoms with E-state index < -0.39 is 11.4 Å². The van der Waals surface area contributed by atoms with Crippen LogP contribution >= 0.6 is 11.8 Å². The van der Waals surface area contributed by atoms with Crippen LogP contribution in [0.5, 0.6) is 0 Å². The Bertz CT molecular complexity index is 484. The van der Waals surface area contributed by atoms with E-state index in [4.69, 9.17) is 0 Å². The van der Waals surface area contributed by atoms with Gasteiger partial charge in [-0.1, -0.05) is 31.0 Å². The third-order valence-corrected chi connectivity index (χ3v) is 4.99. The minimum atomic E-state index is -0.779. The lowest BCUT2D eigenvalue weighted by Gasteiger charge is -2.23. The lowest BCUT2D eigenvalue weighted by Crippen LogP contribution is -2.41. The summed E-state index contributed by atoms with van der Waals surface area (Å²) in [6, 6.07) is 9.93.